The third-order valence-electron chi connectivity index (χ3n) is 4.53. The van der Waals surface area contributed by atoms with Gasteiger partial charge in [0.25, 0.3) is 15.9 Å². The molecular formula is C18H19FN2O5S2. The van der Waals surface area contributed by atoms with E-state index < -0.39 is 30.9 Å². The van der Waals surface area contributed by atoms with Gasteiger partial charge < -0.3 is 4.90 Å². The molecule has 1 N–H and O–H groups in total. The van der Waals surface area contributed by atoms with Crippen LogP contribution in [0.1, 0.15) is 16.8 Å². The summed E-state index contributed by atoms with van der Waals surface area (Å²) in [5.41, 5.74) is 0.541. The molecule has 1 aliphatic heterocycles. The Hall–Kier alpha value is -2.46. The second-order valence-electron chi connectivity index (χ2n) is 6.63. The summed E-state index contributed by atoms with van der Waals surface area (Å²) in [7, 11) is -7.17. The molecule has 3 rings (SSSR count). The number of sulfone groups is 1. The van der Waals surface area contributed by atoms with Crippen molar-refractivity contribution >= 4 is 31.5 Å². The van der Waals surface area contributed by atoms with Crippen molar-refractivity contribution in [3.05, 3.63) is 59.9 Å². The number of carbonyl (C=O) groups is 1. The molecule has 10 heteroatoms. The van der Waals surface area contributed by atoms with Gasteiger partial charge >= 0.3 is 0 Å². The largest absolute Gasteiger partial charge is 0.337 e. The zero-order valence-electron chi connectivity index (χ0n) is 15.0. The van der Waals surface area contributed by atoms with E-state index in [-0.39, 0.29) is 23.0 Å². The van der Waals surface area contributed by atoms with Gasteiger partial charge in [0, 0.05) is 30.6 Å². The van der Waals surface area contributed by atoms with Crippen LogP contribution in [0.2, 0.25) is 0 Å². The van der Waals surface area contributed by atoms with E-state index in [4.69, 9.17) is 0 Å². The topological polar surface area (TPSA) is 101 Å². The van der Waals surface area contributed by atoms with E-state index >= 15 is 0 Å². The van der Waals surface area contributed by atoms with Crippen molar-refractivity contribution in [3.63, 3.8) is 0 Å². The molecule has 1 saturated heterocycles. The number of nitrogens with zero attached hydrogens (tertiary/aromatic N) is 1. The average Bonchev–Trinajstić information content (AvgIpc) is 3.12. The van der Waals surface area contributed by atoms with Crippen LogP contribution in [0, 0.1) is 5.82 Å². The Morgan fingerprint density at radius 2 is 1.79 bits per heavy atom. The zero-order valence-corrected chi connectivity index (χ0v) is 16.6. The quantitative estimate of drug-likeness (QED) is 0.787. The lowest BCUT2D eigenvalue weighted by Crippen LogP contribution is -2.31. The lowest BCUT2D eigenvalue weighted by Gasteiger charge is -2.16. The standard InChI is InChI=1S/C18H19FN2O5S2/c1-27(23,24)17-9-10-21(12-17)18(22)13-5-7-15(8-6-13)20-28(25,26)16-4-2-3-14(19)11-16/h2-8,11,17,20H,9-10,12H2,1H3. The predicted molar refractivity (Wildman–Crippen MR) is 103 cm³/mol. The summed E-state index contributed by atoms with van der Waals surface area (Å²) in [6, 6.07) is 10.4. The molecule has 2 aromatic carbocycles. The van der Waals surface area contributed by atoms with Gasteiger partial charge in [-0.05, 0) is 48.9 Å². The van der Waals surface area contributed by atoms with E-state index in [1.807, 2.05) is 0 Å². The number of carbonyl (C=O) groups excluding carboxylic acids is 1. The number of halogens is 1. The van der Waals surface area contributed by atoms with Crippen molar-refractivity contribution in [2.75, 3.05) is 24.1 Å². The first-order valence-corrected chi connectivity index (χ1v) is 11.9. The Kier molecular flexibility index (Phi) is 5.44. The van der Waals surface area contributed by atoms with Gasteiger partial charge in [-0.1, -0.05) is 6.07 Å². The van der Waals surface area contributed by atoms with E-state index in [2.05, 4.69) is 4.72 Å². The molecule has 0 spiro atoms. The molecule has 0 saturated carbocycles. The van der Waals surface area contributed by atoms with Gasteiger partial charge in [0.1, 0.15) is 5.82 Å². The van der Waals surface area contributed by atoms with Crippen molar-refractivity contribution in [3.8, 4) is 0 Å². The van der Waals surface area contributed by atoms with Crippen LogP contribution >= 0.6 is 0 Å². The van der Waals surface area contributed by atoms with Crippen molar-refractivity contribution in [1.29, 1.82) is 0 Å². The Morgan fingerprint density at radius 1 is 1.11 bits per heavy atom. The SMILES string of the molecule is CS(=O)(=O)C1CCN(C(=O)c2ccc(NS(=O)(=O)c3cccc(F)c3)cc2)C1. The van der Waals surface area contributed by atoms with Gasteiger partial charge in [-0.15, -0.1) is 0 Å². The summed E-state index contributed by atoms with van der Waals surface area (Å²) in [6.07, 6.45) is 1.56. The number of likely N-dealkylation sites (tertiary alicyclic amines) is 1. The van der Waals surface area contributed by atoms with Gasteiger partial charge in [-0.3, -0.25) is 9.52 Å². The smallest absolute Gasteiger partial charge is 0.261 e. The van der Waals surface area contributed by atoms with Crippen LogP contribution in [0.25, 0.3) is 0 Å². The highest BCUT2D eigenvalue weighted by Crippen LogP contribution is 2.21. The number of hydrogen-bond acceptors (Lipinski definition) is 5. The highest BCUT2D eigenvalue weighted by atomic mass is 32.2. The third-order valence-corrected chi connectivity index (χ3v) is 7.50. The Morgan fingerprint density at radius 3 is 2.36 bits per heavy atom. The summed E-state index contributed by atoms with van der Waals surface area (Å²) in [5.74, 6) is -0.979. The van der Waals surface area contributed by atoms with Crippen LogP contribution in [-0.4, -0.2) is 52.2 Å². The molecular weight excluding hydrogens is 407 g/mol. The molecule has 1 aliphatic rings. The number of amides is 1. The van der Waals surface area contributed by atoms with Crippen LogP contribution < -0.4 is 4.72 Å². The highest BCUT2D eigenvalue weighted by molar-refractivity contribution is 7.92. The van der Waals surface area contributed by atoms with Gasteiger partial charge in [-0.2, -0.15) is 0 Å². The fourth-order valence-corrected chi connectivity index (χ4v) is 5.05. The van der Waals surface area contributed by atoms with E-state index in [9.17, 15) is 26.0 Å². The number of sulfonamides is 1. The number of hydrogen-bond donors (Lipinski definition) is 1. The lowest BCUT2D eigenvalue weighted by molar-refractivity contribution is 0.0793. The van der Waals surface area contributed by atoms with E-state index in [0.29, 0.717) is 18.5 Å². The molecule has 0 radical (unpaired) electrons. The minimum atomic E-state index is -3.96. The van der Waals surface area contributed by atoms with Crippen LogP contribution in [0.15, 0.2) is 53.4 Å². The molecule has 1 fully saturated rings. The molecule has 0 aliphatic carbocycles. The van der Waals surface area contributed by atoms with Gasteiger partial charge in [0.15, 0.2) is 9.84 Å². The van der Waals surface area contributed by atoms with Crippen LogP contribution in [0.3, 0.4) is 0 Å². The van der Waals surface area contributed by atoms with E-state index in [1.54, 1.807) is 0 Å². The molecule has 150 valence electrons. The summed E-state index contributed by atoms with van der Waals surface area (Å²) in [4.78, 5) is 13.8. The third kappa shape index (κ3) is 4.50. The number of anilines is 1. The summed E-state index contributed by atoms with van der Waals surface area (Å²) in [6.45, 7) is 0.496. The van der Waals surface area contributed by atoms with Crippen molar-refractivity contribution in [2.24, 2.45) is 0 Å². The first-order valence-electron chi connectivity index (χ1n) is 8.43. The molecule has 0 aromatic heterocycles. The van der Waals surface area contributed by atoms with Crippen molar-refractivity contribution in [2.45, 2.75) is 16.6 Å². The maximum Gasteiger partial charge on any atom is 0.261 e. The number of benzene rings is 2. The lowest BCUT2D eigenvalue weighted by atomic mass is 10.2. The predicted octanol–water partition coefficient (Wildman–Crippen LogP) is 1.89. The van der Waals surface area contributed by atoms with Gasteiger partial charge in [0.2, 0.25) is 0 Å². The summed E-state index contributed by atoms with van der Waals surface area (Å²) < 4.78 is 63.4. The van der Waals surface area contributed by atoms with E-state index in [0.717, 1.165) is 18.4 Å². The monoisotopic (exact) mass is 426 g/mol. The molecule has 1 heterocycles. The summed E-state index contributed by atoms with van der Waals surface area (Å²) >= 11 is 0. The minimum absolute atomic E-state index is 0.144. The van der Waals surface area contributed by atoms with Crippen LogP contribution in [0.5, 0.6) is 0 Å². The molecule has 2 aromatic rings. The van der Waals surface area contributed by atoms with Crippen molar-refractivity contribution < 1.29 is 26.0 Å². The maximum atomic E-state index is 13.3. The molecule has 1 unspecified atom stereocenters. The molecule has 28 heavy (non-hydrogen) atoms. The first kappa shape index (κ1) is 20.3. The zero-order chi connectivity index (χ0) is 20.5. The summed E-state index contributed by atoms with van der Waals surface area (Å²) in [5, 5.41) is -0.561. The van der Waals surface area contributed by atoms with Crippen molar-refractivity contribution in [1.82, 2.24) is 4.90 Å². The average molecular weight is 426 g/mol. The fourth-order valence-electron chi connectivity index (χ4n) is 2.97. The maximum absolute atomic E-state index is 13.3. The Bertz CT molecular complexity index is 1100. The minimum Gasteiger partial charge on any atom is -0.337 e. The molecule has 1 atom stereocenters. The second-order valence-corrected chi connectivity index (χ2v) is 10.6. The highest BCUT2D eigenvalue weighted by Gasteiger charge is 2.32. The van der Waals surface area contributed by atoms with Crippen LogP contribution in [0.4, 0.5) is 10.1 Å². The van der Waals surface area contributed by atoms with E-state index in [1.165, 1.54) is 41.3 Å². The molecule has 7 nitrogen and oxygen atoms in total. The second kappa shape index (κ2) is 7.51. The Labute approximate surface area is 163 Å². The van der Waals surface area contributed by atoms with Gasteiger partial charge in [-0.25, -0.2) is 21.2 Å². The normalized spacial score (nSPS) is 17.5. The number of nitrogens with one attached hydrogen (secondary N) is 1. The fraction of sp³-hybridized carbons (Fsp3) is 0.278. The molecule has 0 bridgehead atoms. The number of rotatable bonds is 5. The van der Waals surface area contributed by atoms with Gasteiger partial charge in [0.05, 0.1) is 10.1 Å². The van der Waals surface area contributed by atoms with Crippen LogP contribution in [-0.2, 0) is 19.9 Å². The Balaban J connectivity index is 1.71. The molecule has 1 amide bonds. The first-order chi connectivity index (χ1) is 13.1.